The van der Waals surface area contributed by atoms with E-state index in [1.54, 1.807) is 6.20 Å². The highest BCUT2D eigenvalue weighted by molar-refractivity contribution is 6.52. The topological polar surface area (TPSA) is 67.4 Å². The molecule has 0 unspecified atom stereocenters. The van der Waals surface area contributed by atoms with Gasteiger partial charge < -0.3 is 19.4 Å². The minimum atomic E-state index is -0.889. The number of nitrogens with zero attached hydrogens (tertiary/aromatic N) is 1. The highest BCUT2D eigenvalue weighted by Gasteiger charge is 2.32. The Morgan fingerprint density at radius 1 is 1.38 bits per heavy atom. The molecule has 126 valence electrons. The molecule has 0 spiro atoms. The first-order valence-corrected chi connectivity index (χ1v) is 8.90. The van der Waals surface area contributed by atoms with Gasteiger partial charge in [0.05, 0.1) is 12.3 Å². The molecule has 0 atom stereocenters. The Morgan fingerprint density at radius 2 is 2.21 bits per heavy atom. The fourth-order valence-corrected chi connectivity index (χ4v) is 3.94. The van der Waals surface area contributed by atoms with Gasteiger partial charge in [-0.15, -0.1) is 0 Å². The van der Waals surface area contributed by atoms with Crippen LogP contribution >= 0.6 is 0 Å². The van der Waals surface area contributed by atoms with Crippen molar-refractivity contribution in [1.82, 2.24) is 9.97 Å². The number of nitrogens with one attached hydrogen (secondary N) is 1. The molecule has 1 saturated carbocycles. The van der Waals surface area contributed by atoms with Gasteiger partial charge in [-0.1, -0.05) is 6.92 Å². The van der Waals surface area contributed by atoms with Gasteiger partial charge >= 0.3 is 7.12 Å². The normalized spacial score (nSPS) is 23.8. The van der Waals surface area contributed by atoms with Crippen molar-refractivity contribution in [2.75, 3.05) is 6.61 Å². The van der Waals surface area contributed by atoms with Crippen LogP contribution < -0.4 is 4.65 Å². The Labute approximate surface area is 142 Å². The molecule has 24 heavy (non-hydrogen) atoms. The molecular formula is C18H23BN2O3. The lowest BCUT2D eigenvalue weighted by atomic mass is 9.72. The summed E-state index contributed by atoms with van der Waals surface area (Å²) in [4.78, 5) is 7.53. The van der Waals surface area contributed by atoms with Gasteiger partial charge in [0, 0.05) is 23.8 Å². The van der Waals surface area contributed by atoms with Crippen molar-refractivity contribution in [3.05, 3.63) is 30.0 Å². The number of ether oxygens (including phenoxy) is 1. The van der Waals surface area contributed by atoms with Gasteiger partial charge in [0.2, 0.25) is 0 Å². The van der Waals surface area contributed by atoms with E-state index in [-0.39, 0.29) is 0 Å². The average molecular weight is 326 g/mol. The third-order valence-corrected chi connectivity index (χ3v) is 5.08. The Morgan fingerprint density at radius 3 is 3.00 bits per heavy atom. The zero-order chi connectivity index (χ0) is 16.5. The van der Waals surface area contributed by atoms with Crippen molar-refractivity contribution in [2.24, 2.45) is 5.92 Å². The molecule has 0 bridgehead atoms. The fourth-order valence-electron chi connectivity index (χ4n) is 3.94. The van der Waals surface area contributed by atoms with Gasteiger partial charge in [-0.2, -0.15) is 0 Å². The first-order chi connectivity index (χ1) is 11.8. The van der Waals surface area contributed by atoms with Crippen LogP contribution in [0.3, 0.4) is 0 Å². The number of hydrogen-bond donors (Lipinski definition) is 2. The number of aromatic amines is 1. The zero-order valence-corrected chi connectivity index (χ0v) is 14.0. The van der Waals surface area contributed by atoms with Crippen LogP contribution in [-0.2, 0) is 4.74 Å². The number of hydrogen-bond acceptors (Lipinski definition) is 4. The van der Waals surface area contributed by atoms with Crippen LogP contribution in [-0.4, -0.2) is 34.8 Å². The van der Waals surface area contributed by atoms with Crippen LogP contribution in [0.5, 0.6) is 5.75 Å². The van der Waals surface area contributed by atoms with Crippen molar-refractivity contribution in [3.63, 3.8) is 0 Å². The summed E-state index contributed by atoms with van der Waals surface area (Å²) in [6.07, 6.45) is 9.39. The monoisotopic (exact) mass is 326 g/mol. The van der Waals surface area contributed by atoms with Crippen molar-refractivity contribution in [3.8, 4) is 5.75 Å². The molecule has 6 heteroatoms. The van der Waals surface area contributed by atoms with Gasteiger partial charge in [0.25, 0.3) is 0 Å². The number of fused-ring (bicyclic) bond motifs is 3. The molecule has 3 heterocycles. The maximum absolute atomic E-state index is 10.1. The smallest absolute Gasteiger partial charge is 0.531 e. The highest BCUT2D eigenvalue weighted by atomic mass is 16.5. The third-order valence-electron chi connectivity index (χ3n) is 5.08. The number of H-pyrrole nitrogens is 1. The lowest BCUT2D eigenvalue weighted by Crippen LogP contribution is -2.28. The van der Waals surface area contributed by atoms with E-state index in [1.807, 2.05) is 18.2 Å². The zero-order valence-electron chi connectivity index (χ0n) is 14.0. The molecule has 1 fully saturated rings. The maximum atomic E-state index is 10.1. The summed E-state index contributed by atoms with van der Waals surface area (Å²) in [6.45, 7) is 3.00. The average Bonchev–Trinajstić information content (AvgIpc) is 3.08. The molecule has 1 aliphatic heterocycles. The van der Waals surface area contributed by atoms with E-state index < -0.39 is 7.12 Å². The lowest BCUT2D eigenvalue weighted by molar-refractivity contribution is 0.0235. The van der Waals surface area contributed by atoms with Gasteiger partial charge in [-0.3, -0.25) is 0 Å². The van der Waals surface area contributed by atoms with Crippen molar-refractivity contribution in [1.29, 1.82) is 0 Å². The van der Waals surface area contributed by atoms with E-state index in [0.29, 0.717) is 17.8 Å². The van der Waals surface area contributed by atoms with E-state index in [1.165, 1.54) is 5.57 Å². The van der Waals surface area contributed by atoms with Crippen molar-refractivity contribution >= 4 is 23.7 Å². The molecule has 0 aromatic carbocycles. The molecule has 0 radical (unpaired) electrons. The quantitative estimate of drug-likeness (QED) is 0.846. The van der Waals surface area contributed by atoms with Crippen LogP contribution in [0.15, 0.2) is 24.4 Å². The SMILES string of the molecule is CCCOC1CCC(C2=CB(O)Oc3cnc4[nH]ccc4c32)CC1. The summed E-state index contributed by atoms with van der Waals surface area (Å²) in [5, 5.41) is 11.2. The van der Waals surface area contributed by atoms with Crippen LogP contribution in [0, 0.1) is 5.92 Å². The molecule has 5 nitrogen and oxygen atoms in total. The Balaban J connectivity index is 1.61. The standard InChI is InChI=1S/C18H23BN2O3/c1-2-9-23-13-5-3-12(4-6-13)15-10-19(22)24-16-11-21-18-14(17(15)16)7-8-20-18/h7-8,10-13,22H,2-6,9H2,1H3,(H,20,21). The number of allylic oxidation sites excluding steroid dienone is 1. The van der Waals surface area contributed by atoms with Crippen LogP contribution in [0.25, 0.3) is 16.6 Å². The highest BCUT2D eigenvalue weighted by Crippen LogP contribution is 2.44. The number of rotatable bonds is 4. The van der Waals surface area contributed by atoms with Gasteiger partial charge in [-0.25, -0.2) is 4.98 Å². The van der Waals surface area contributed by atoms with Crippen molar-refractivity contribution < 1.29 is 14.4 Å². The lowest BCUT2D eigenvalue weighted by Gasteiger charge is -2.32. The van der Waals surface area contributed by atoms with Crippen LogP contribution in [0.4, 0.5) is 0 Å². The molecule has 0 saturated heterocycles. The van der Waals surface area contributed by atoms with E-state index >= 15 is 0 Å². The molecule has 0 amide bonds. The first kappa shape index (κ1) is 15.7. The minimum Gasteiger partial charge on any atom is -0.531 e. The summed E-state index contributed by atoms with van der Waals surface area (Å²) in [5.74, 6) is 2.98. The Bertz CT molecular complexity index is 750. The largest absolute Gasteiger partial charge is 0.552 e. The number of aromatic nitrogens is 2. The van der Waals surface area contributed by atoms with Gasteiger partial charge in [0.15, 0.2) is 0 Å². The molecule has 2 N–H and O–H groups in total. The molecule has 2 aromatic rings. The maximum Gasteiger partial charge on any atom is 0.552 e. The first-order valence-electron chi connectivity index (χ1n) is 8.90. The van der Waals surface area contributed by atoms with Crippen molar-refractivity contribution in [2.45, 2.75) is 45.1 Å². The second-order valence-electron chi connectivity index (χ2n) is 6.71. The predicted molar refractivity (Wildman–Crippen MR) is 94.7 cm³/mol. The molecule has 2 aliphatic rings. The van der Waals surface area contributed by atoms with Gasteiger partial charge in [-0.05, 0) is 55.6 Å². The number of pyridine rings is 1. The summed E-state index contributed by atoms with van der Waals surface area (Å²) in [6, 6.07) is 2.03. The molecule has 2 aromatic heterocycles. The Kier molecular flexibility index (Phi) is 4.33. The summed E-state index contributed by atoms with van der Waals surface area (Å²) < 4.78 is 11.5. The predicted octanol–water partition coefficient (Wildman–Crippen LogP) is 3.34. The summed E-state index contributed by atoms with van der Waals surface area (Å²) in [7, 11) is -0.889. The minimum absolute atomic E-state index is 0.385. The molecule has 4 rings (SSSR count). The third kappa shape index (κ3) is 2.85. The van der Waals surface area contributed by atoms with Crippen LogP contribution in [0.1, 0.15) is 44.6 Å². The van der Waals surface area contributed by atoms with E-state index in [4.69, 9.17) is 9.39 Å². The Hall–Kier alpha value is -1.79. The van der Waals surface area contributed by atoms with E-state index in [2.05, 4.69) is 16.9 Å². The second kappa shape index (κ2) is 6.61. The molecule has 1 aliphatic carbocycles. The second-order valence-corrected chi connectivity index (χ2v) is 6.71. The van der Waals surface area contributed by atoms with E-state index in [0.717, 1.165) is 55.3 Å². The summed E-state index contributed by atoms with van der Waals surface area (Å²) >= 11 is 0. The fraction of sp³-hybridized carbons (Fsp3) is 0.500. The van der Waals surface area contributed by atoms with Gasteiger partial charge in [0.1, 0.15) is 11.4 Å². The van der Waals surface area contributed by atoms with Crippen LogP contribution in [0.2, 0.25) is 0 Å². The van der Waals surface area contributed by atoms with E-state index in [9.17, 15) is 5.02 Å². The molecular weight excluding hydrogens is 303 g/mol. The summed E-state index contributed by atoms with van der Waals surface area (Å²) in [5.41, 5.74) is 3.15.